The summed E-state index contributed by atoms with van der Waals surface area (Å²) in [7, 11) is 3.50. The molecule has 24 nitrogen and oxygen atoms in total. The predicted molar refractivity (Wildman–Crippen MR) is 115 cm³/mol. The van der Waals surface area contributed by atoms with Crippen LogP contribution < -0.4 is 44.6 Å². The first-order valence-electron chi connectivity index (χ1n) is 7.22. The molecule has 2 radical (unpaired) electrons. The van der Waals surface area contributed by atoms with Crippen molar-refractivity contribution in [1.82, 2.24) is 29.9 Å². The first-order chi connectivity index (χ1) is 15.8. The van der Waals surface area contributed by atoms with Gasteiger partial charge in [-0.2, -0.15) is 44.1 Å². The van der Waals surface area contributed by atoms with Gasteiger partial charge in [0.2, 0.25) is 35.7 Å². The number of hydrogen-bond donors (Lipinski definition) is 8. The Balaban J connectivity index is -0.0000000454. The maximum Gasteiger partial charge on any atom is 2.00 e. The molecule has 0 aliphatic carbocycles. The third-order valence-electron chi connectivity index (χ3n) is 1.37. The standard InChI is InChI=1S/2C3H6N6.2CH4O.2CH3O.2Cu.2NO3/c2*4-1-7-2(5)9-3(6)8-1;4*1-2;;;2*2-1(3)4/h2*(H6,4,5,6,7,8,9);2*2H,1H3;2*1H3;;;;/q;;;;2*-1;2*+2;2*-1. The quantitative estimate of drug-likeness (QED) is 0.0763. The molecule has 0 aliphatic heterocycles. The molecular formula is C10H26Cu2N14O10. The van der Waals surface area contributed by atoms with Crippen molar-refractivity contribution >= 4 is 35.7 Å². The van der Waals surface area contributed by atoms with E-state index in [9.17, 15) is 0 Å². The fraction of sp³-hybridized carbons (Fsp3) is 0.400. The summed E-state index contributed by atoms with van der Waals surface area (Å²) >= 11 is 0. The Labute approximate surface area is 224 Å². The Kier molecular flexibility index (Phi) is 61.4. The number of nitrogen functional groups attached to an aromatic ring is 6. The summed E-state index contributed by atoms with van der Waals surface area (Å²) in [5.74, 6) is 0.250. The molecule has 14 N–H and O–H groups in total. The predicted octanol–water partition coefficient (Wildman–Crippen LogP) is -6.08. The second kappa shape index (κ2) is 41.4. The summed E-state index contributed by atoms with van der Waals surface area (Å²) in [6.45, 7) is 0. The molecule has 0 fully saturated rings. The van der Waals surface area contributed by atoms with Crippen molar-refractivity contribution in [3.8, 4) is 0 Å². The summed E-state index contributed by atoms with van der Waals surface area (Å²) in [6.07, 6.45) is 0. The number of aromatic nitrogens is 6. The Morgan fingerprint density at radius 2 is 0.528 bits per heavy atom. The van der Waals surface area contributed by atoms with Crippen LogP contribution in [0.2, 0.25) is 0 Å². The molecule has 218 valence electrons. The minimum absolute atomic E-state index is 0. The number of aliphatic hydroxyl groups is 2. The van der Waals surface area contributed by atoms with Crippen LogP contribution in [0.15, 0.2) is 0 Å². The topological polar surface area (TPSA) is 452 Å². The van der Waals surface area contributed by atoms with E-state index < -0.39 is 10.2 Å². The molecule has 0 atom stereocenters. The zero-order chi connectivity index (χ0) is 28.9. The molecule has 2 rings (SSSR count). The molecular weight excluding hydrogens is 603 g/mol. The average Bonchev–Trinajstić information content (AvgIpc) is 2.71. The van der Waals surface area contributed by atoms with E-state index >= 15 is 0 Å². The van der Waals surface area contributed by atoms with E-state index in [0.717, 1.165) is 28.4 Å². The first-order valence-corrected chi connectivity index (χ1v) is 7.22. The van der Waals surface area contributed by atoms with Crippen molar-refractivity contribution in [2.24, 2.45) is 0 Å². The average molecular weight is 629 g/mol. The number of hydrogen-bond acceptors (Lipinski definition) is 22. The van der Waals surface area contributed by atoms with Crippen molar-refractivity contribution in [3.05, 3.63) is 30.6 Å². The number of aliphatic hydroxyl groups excluding tert-OH is 2. The first kappa shape index (κ1) is 53.5. The van der Waals surface area contributed by atoms with E-state index in [1.54, 1.807) is 0 Å². The van der Waals surface area contributed by atoms with Gasteiger partial charge in [-0.15, -0.1) is 0 Å². The van der Waals surface area contributed by atoms with Gasteiger partial charge in [0.1, 0.15) is 0 Å². The van der Waals surface area contributed by atoms with E-state index in [1.807, 2.05) is 0 Å². The molecule has 36 heavy (non-hydrogen) atoms. The molecule has 2 heterocycles. The van der Waals surface area contributed by atoms with Crippen LogP contribution in [-0.4, -0.2) is 78.7 Å². The van der Waals surface area contributed by atoms with Gasteiger partial charge in [-0.1, -0.05) is 0 Å². The molecule has 0 unspecified atom stereocenters. The minimum atomic E-state index is -1.75. The van der Waals surface area contributed by atoms with Gasteiger partial charge in [0, 0.05) is 14.2 Å². The Morgan fingerprint density at radius 1 is 0.472 bits per heavy atom. The third-order valence-corrected chi connectivity index (χ3v) is 1.37. The smallest absolute Gasteiger partial charge is 0.857 e. The van der Waals surface area contributed by atoms with Crippen LogP contribution in [0.25, 0.3) is 0 Å². The molecule has 0 amide bonds. The van der Waals surface area contributed by atoms with Crippen LogP contribution in [0.3, 0.4) is 0 Å². The van der Waals surface area contributed by atoms with Gasteiger partial charge >= 0.3 is 34.1 Å². The van der Waals surface area contributed by atoms with Gasteiger partial charge < -0.3 is 85.5 Å². The van der Waals surface area contributed by atoms with Gasteiger partial charge in [0.25, 0.3) is 0 Å². The molecule has 0 saturated carbocycles. The van der Waals surface area contributed by atoms with Gasteiger partial charge in [-0.3, -0.25) is 0 Å². The Bertz CT molecular complexity index is 581. The van der Waals surface area contributed by atoms with Gasteiger partial charge in [0.15, 0.2) is 0 Å². The van der Waals surface area contributed by atoms with Crippen molar-refractivity contribution in [1.29, 1.82) is 0 Å². The largest absolute Gasteiger partial charge is 2.00 e. The second-order valence-corrected chi connectivity index (χ2v) is 3.27. The molecule has 0 spiro atoms. The van der Waals surface area contributed by atoms with Gasteiger partial charge in [0.05, 0.1) is 10.2 Å². The maximum absolute atomic E-state index is 8.25. The SMILES string of the molecule is CO.CO.C[O-].C[O-].Nc1nc(N)nc(N)n1.Nc1nc(N)nc(N)n1.O=[N+]([O-])[O-].O=[N+]([O-])[O-].[Cu+2].[Cu+2]. The van der Waals surface area contributed by atoms with Crippen molar-refractivity contribution < 1.29 is 64.7 Å². The third kappa shape index (κ3) is 63.1. The summed E-state index contributed by atoms with van der Waals surface area (Å²) in [6, 6.07) is 0. The van der Waals surface area contributed by atoms with Crippen LogP contribution in [0, 0.1) is 30.6 Å². The van der Waals surface area contributed by atoms with E-state index in [2.05, 4.69) is 29.9 Å². The molecule has 0 aliphatic rings. The van der Waals surface area contributed by atoms with Crippen LogP contribution in [0.1, 0.15) is 0 Å². The number of rotatable bonds is 0. The monoisotopic (exact) mass is 628 g/mol. The van der Waals surface area contributed by atoms with E-state index in [-0.39, 0.29) is 69.8 Å². The van der Waals surface area contributed by atoms with E-state index in [1.165, 1.54) is 0 Å². The molecule has 2 aromatic heterocycles. The van der Waals surface area contributed by atoms with Gasteiger partial charge in [-0.25, -0.2) is 0 Å². The number of nitrogens with zero attached hydrogens (tertiary/aromatic N) is 8. The zero-order valence-electron chi connectivity index (χ0n) is 18.8. The Morgan fingerprint density at radius 3 is 0.583 bits per heavy atom. The van der Waals surface area contributed by atoms with Crippen LogP contribution >= 0.6 is 0 Å². The molecule has 2 aromatic rings. The molecule has 0 saturated heterocycles. The fourth-order valence-corrected chi connectivity index (χ4v) is 0.854. The van der Waals surface area contributed by atoms with Gasteiger partial charge in [-0.05, 0) is 0 Å². The maximum atomic E-state index is 8.25. The van der Waals surface area contributed by atoms with Crippen LogP contribution in [0.5, 0.6) is 0 Å². The normalized spacial score (nSPS) is 6.67. The van der Waals surface area contributed by atoms with Crippen molar-refractivity contribution in [3.63, 3.8) is 0 Å². The van der Waals surface area contributed by atoms with E-state index in [4.69, 9.17) is 85.5 Å². The van der Waals surface area contributed by atoms with E-state index in [0.29, 0.717) is 0 Å². The van der Waals surface area contributed by atoms with Crippen molar-refractivity contribution in [2.75, 3.05) is 62.8 Å². The van der Waals surface area contributed by atoms with Crippen LogP contribution in [0.4, 0.5) is 35.7 Å². The van der Waals surface area contributed by atoms with Crippen LogP contribution in [-0.2, 0) is 34.1 Å². The molecule has 26 heteroatoms. The fourth-order valence-electron chi connectivity index (χ4n) is 0.854. The summed E-state index contributed by atoms with van der Waals surface area (Å²) in [4.78, 5) is 37.4. The summed E-state index contributed by atoms with van der Waals surface area (Å²) in [5.41, 5.74) is 30.8. The molecule has 0 aromatic carbocycles. The summed E-state index contributed by atoms with van der Waals surface area (Å²) < 4.78 is 0. The Hall–Kier alpha value is -3.90. The number of nitrogens with two attached hydrogens (primary N) is 6. The molecule has 0 bridgehead atoms. The second-order valence-electron chi connectivity index (χ2n) is 3.27. The summed E-state index contributed by atoms with van der Waals surface area (Å²) in [5, 5.41) is 60.0. The van der Waals surface area contributed by atoms with Crippen molar-refractivity contribution in [2.45, 2.75) is 0 Å². The zero-order valence-corrected chi connectivity index (χ0v) is 20.7. The number of anilines is 6. The minimum Gasteiger partial charge on any atom is -0.857 e.